The molecule has 5 nitrogen and oxygen atoms in total. The van der Waals surface area contributed by atoms with Crippen LogP contribution in [0.1, 0.15) is 80.3 Å². The molecule has 2 heterocycles. The predicted molar refractivity (Wildman–Crippen MR) is 199 cm³/mol. The molecule has 5 aromatic carbocycles. The average Bonchev–Trinajstić information content (AvgIpc) is 3.69. The molecule has 50 heavy (non-hydrogen) atoms. The minimum Gasteiger partial charge on any atom is -0.504 e. The summed E-state index contributed by atoms with van der Waals surface area (Å²) in [4.78, 5) is 0. The topological polar surface area (TPSA) is 57.2 Å². The van der Waals surface area contributed by atoms with Crippen molar-refractivity contribution in [3.8, 4) is 39.9 Å². The van der Waals surface area contributed by atoms with Crippen LogP contribution in [0.25, 0.3) is 28.0 Å². The first-order valence-corrected chi connectivity index (χ1v) is 17.8. The molecule has 1 fully saturated rings. The van der Waals surface area contributed by atoms with Crippen LogP contribution in [0.3, 0.4) is 0 Å². The molecule has 1 spiro atoms. The van der Waals surface area contributed by atoms with Gasteiger partial charge in [-0.3, -0.25) is 0 Å². The van der Waals surface area contributed by atoms with E-state index in [0.717, 1.165) is 76.0 Å². The molecule has 0 bridgehead atoms. The second kappa shape index (κ2) is 10.6. The maximum absolute atomic E-state index is 11.5. The van der Waals surface area contributed by atoms with Gasteiger partial charge < -0.3 is 24.1 Å². The van der Waals surface area contributed by atoms with Gasteiger partial charge in [0.15, 0.2) is 17.1 Å². The van der Waals surface area contributed by atoms with E-state index in [2.05, 4.69) is 88.4 Å². The smallest absolute Gasteiger partial charge is 0.178 e. The molecule has 0 atom stereocenters. The Labute approximate surface area is 294 Å². The van der Waals surface area contributed by atoms with Crippen molar-refractivity contribution >= 4 is 16.8 Å². The van der Waals surface area contributed by atoms with Gasteiger partial charge in [-0.05, 0) is 88.8 Å². The molecule has 5 aromatic rings. The quantitative estimate of drug-likeness (QED) is 0.207. The fraction of sp³-hybridized carbons (Fsp3) is 0.333. The molecule has 0 aromatic heterocycles. The maximum atomic E-state index is 11.5. The highest BCUT2D eigenvalue weighted by Gasteiger charge is 2.56. The van der Waals surface area contributed by atoms with Crippen molar-refractivity contribution in [1.82, 2.24) is 0 Å². The standard InChI is InChI=1S/C45H44O5/c1-42(2)24-43(3,4)26-44(25-42)35-10-8-7-9-31(35)38-37-32-20-22-49-41(32)36(46)23-34(37)40-33(39(38)44)19-21-45(50-40,27-11-15-29(47-5)16-12-27)28-13-17-30(48-6)18-14-28/h7-19,21,23,46H,20,22,24-26H2,1-6H3. The van der Waals surface area contributed by atoms with Crippen LogP contribution in [-0.2, 0) is 17.4 Å². The number of phenolic OH excluding ortho intramolecular Hbond substituents is 1. The van der Waals surface area contributed by atoms with Crippen LogP contribution in [0.5, 0.6) is 28.7 Å². The fourth-order valence-corrected chi connectivity index (χ4v) is 10.7. The number of ether oxygens (including phenoxy) is 4. The first kappa shape index (κ1) is 31.1. The monoisotopic (exact) mass is 664 g/mol. The van der Waals surface area contributed by atoms with Gasteiger partial charge in [0.25, 0.3) is 0 Å². The Kier molecular flexibility index (Phi) is 6.57. The molecule has 0 radical (unpaired) electrons. The van der Waals surface area contributed by atoms with Gasteiger partial charge >= 0.3 is 0 Å². The van der Waals surface area contributed by atoms with Crippen molar-refractivity contribution in [2.75, 3.05) is 20.8 Å². The first-order valence-electron chi connectivity index (χ1n) is 17.8. The number of fused-ring (bicyclic) bond motifs is 12. The number of benzene rings is 5. The molecule has 254 valence electrons. The lowest BCUT2D eigenvalue weighted by Crippen LogP contribution is -2.44. The van der Waals surface area contributed by atoms with Gasteiger partial charge in [0.1, 0.15) is 17.2 Å². The number of phenols is 1. The summed E-state index contributed by atoms with van der Waals surface area (Å²) in [7, 11) is 3.37. The number of hydrogen-bond donors (Lipinski definition) is 1. The number of aromatic hydroxyl groups is 1. The zero-order valence-corrected chi connectivity index (χ0v) is 29.8. The van der Waals surface area contributed by atoms with Crippen LogP contribution < -0.4 is 18.9 Å². The second-order valence-corrected chi connectivity index (χ2v) is 16.3. The van der Waals surface area contributed by atoms with Crippen LogP contribution in [0.15, 0.2) is 84.9 Å². The largest absolute Gasteiger partial charge is 0.504 e. The van der Waals surface area contributed by atoms with Gasteiger partial charge in [-0.15, -0.1) is 0 Å². The Morgan fingerprint density at radius 1 is 0.740 bits per heavy atom. The molecule has 2 aliphatic carbocycles. The molecule has 1 N–H and O–H groups in total. The van der Waals surface area contributed by atoms with Gasteiger partial charge in [0.2, 0.25) is 0 Å². The van der Waals surface area contributed by atoms with Gasteiger partial charge in [0, 0.05) is 44.9 Å². The highest BCUT2D eigenvalue weighted by Crippen LogP contribution is 2.67. The van der Waals surface area contributed by atoms with E-state index in [1.165, 1.54) is 22.3 Å². The third-order valence-corrected chi connectivity index (χ3v) is 11.7. The van der Waals surface area contributed by atoms with Gasteiger partial charge in [-0.1, -0.05) is 82.3 Å². The summed E-state index contributed by atoms with van der Waals surface area (Å²) in [6.07, 6.45) is 8.52. The van der Waals surface area contributed by atoms with E-state index in [1.807, 2.05) is 30.3 Å². The molecule has 5 heteroatoms. The summed E-state index contributed by atoms with van der Waals surface area (Å²) in [5.74, 6) is 3.12. The predicted octanol–water partition coefficient (Wildman–Crippen LogP) is 10.3. The van der Waals surface area contributed by atoms with Crippen LogP contribution in [0.2, 0.25) is 0 Å². The van der Waals surface area contributed by atoms with Gasteiger partial charge in [-0.25, -0.2) is 0 Å². The number of rotatable bonds is 4. The maximum Gasteiger partial charge on any atom is 0.178 e. The van der Waals surface area contributed by atoms with Gasteiger partial charge in [0.05, 0.1) is 20.8 Å². The van der Waals surface area contributed by atoms with E-state index < -0.39 is 5.60 Å². The normalized spacial score (nSPS) is 19.6. The van der Waals surface area contributed by atoms with Crippen molar-refractivity contribution < 1.29 is 24.1 Å². The Morgan fingerprint density at radius 2 is 1.36 bits per heavy atom. The van der Waals surface area contributed by atoms with Crippen molar-refractivity contribution in [3.05, 3.63) is 118 Å². The van der Waals surface area contributed by atoms with Crippen molar-refractivity contribution in [2.45, 2.75) is 64.4 Å². The lowest BCUT2D eigenvalue weighted by Gasteiger charge is -2.52. The van der Waals surface area contributed by atoms with Crippen molar-refractivity contribution in [1.29, 1.82) is 0 Å². The molecule has 9 rings (SSSR count). The zero-order valence-electron chi connectivity index (χ0n) is 29.8. The van der Waals surface area contributed by atoms with Crippen molar-refractivity contribution in [3.63, 3.8) is 0 Å². The summed E-state index contributed by atoms with van der Waals surface area (Å²) in [5.41, 5.74) is 8.52. The molecular weight excluding hydrogens is 620 g/mol. The third-order valence-electron chi connectivity index (χ3n) is 11.7. The van der Waals surface area contributed by atoms with E-state index >= 15 is 0 Å². The minimum absolute atomic E-state index is 0.119. The summed E-state index contributed by atoms with van der Waals surface area (Å²) in [5, 5.41) is 13.6. The van der Waals surface area contributed by atoms with E-state index in [0.29, 0.717) is 12.4 Å². The lowest BCUT2D eigenvalue weighted by atomic mass is 9.52. The third kappa shape index (κ3) is 4.31. The lowest BCUT2D eigenvalue weighted by molar-refractivity contribution is 0.0642. The van der Waals surface area contributed by atoms with E-state index in [9.17, 15) is 5.11 Å². The highest BCUT2D eigenvalue weighted by molar-refractivity contribution is 6.11. The summed E-state index contributed by atoms with van der Waals surface area (Å²) >= 11 is 0. The molecule has 0 saturated heterocycles. The SMILES string of the molecule is COc1ccc(C2(c3ccc(OC)cc3)C=Cc3c4c(c5c6c(c(O)cc5c3O2)OCC6)-c2ccccc2C42CC(C)(C)CC(C)(C)C2)cc1. The van der Waals surface area contributed by atoms with Crippen molar-refractivity contribution in [2.24, 2.45) is 10.8 Å². The Balaban J connectivity index is 1.40. The summed E-state index contributed by atoms with van der Waals surface area (Å²) in [6, 6.07) is 27.2. The van der Waals surface area contributed by atoms with Crippen LogP contribution in [0, 0.1) is 10.8 Å². The molecule has 0 unspecified atom stereocenters. The Bertz CT molecular complexity index is 2160. The van der Waals surface area contributed by atoms with E-state index in [1.54, 1.807) is 14.2 Å². The van der Waals surface area contributed by atoms with Crippen LogP contribution in [0.4, 0.5) is 0 Å². The van der Waals surface area contributed by atoms with E-state index in [-0.39, 0.29) is 22.0 Å². The summed E-state index contributed by atoms with van der Waals surface area (Å²) in [6.45, 7) is 10.3. The second-order valence-electron chi connectivity index (χ2n) is 16.3. The molecule has 0 amide bonds. The van der Waals surface area contributed by atoms with E-state index in [4.69, 9.17) is 18.9 Å². The number of hydrogen-bond acceptors (Lipinski definition) is 5. The summed E-state index contributed by atoms with van der Waals surface area (Å²) < 4.78 is 24.9. The van der Waals surface area contributed by atoms with Crippen LogP contribution >= 0.6 is 0 Å². The molecule has 4 aliphatic rings. The minimum atomic E-state index is -0.957. The Hall–Kier alpha value is -4.90. The Morgan fingerprint density at radius 3 is 1.98 bits per heavy atom. The zero-order chi connectivity index (χ0) is 34.6. The van der Waals surface area contributed by atoms with Gasteiger partial charge in [-0.2, -0.15) is 0 Å². The molecular formula is C45H44O5. The first-order chi connectivity index (χ1) is 24.0. The number of methoxy groups -OCH3 is 2. The fourth-order valence-electron chi connectivity index (χ4n) is 10.7. The van der Waals surface area contributed by atoms with Crippen LogP contribution in [-0.4, -0.2) is 25.9 Å². The molecule has 2 aliphatic heterocycles. The highest BCUT2D eigenvalue weighted by atomic mass is 16.5. The molecule has 1 saturated carbocycles. The average molecular weight is 665 g/mol.